The molecule has 0 spiro atoms. The molecule has 70 valence electrons. The standard InChI is InChI=1S/C11H16N2/c1-9-5-2-3-6-10(9)11-7-4-8-13(11)12/h2-3,5-6,11H,4,7-8,12H2,1H3/t11-/m1/s1. The van der Waals surface area contributed by atoms with Gasteiger partial charge in [0.15, 0.2) is 0 Å². The molecule has 2 heteroatoms. The number of rotatable bonds is 1. The molecule has 2 N–H and O–H groups in total. The monoisotopic (exact) mass is 176 g/mol. The van der Waals surface area contributed by atoms with E-state index in [2.05, 4.69) is 31.2 Å². The predicted octanol–water partition coefficient (Wildman–Crippen LogP) is 2.01. The zero-order chi connectivity index (χ0) is 9.26. The second-order valence-corrected chi connectivity index (χ2v) is 3.75. The summed E-state index contributed by atoms with van der Waals surface area (Å²) in [5.74, 6) is 5.91. The molecule has 1 aromatic carbocycles. The number of nitrogens with two attached hydrogens (primary N) is 1. The van der Waals surface area contributed by atoms with Crippen molar-refractivity contribution < 1.29 is 0 Å². The van der Waals surface area contributed by atoms with Crippen LogP contribution in [0.1, 0.15) is 30.0 Å². The molecule has 1 heterocycles. The minimum atomic E-state index is 0.446. The van der Waals surface area contributed by atoms with Gasteiger partial charge in [0.25, 0.3) is 0 Å². The molecule has 2 rings (SSSR count). The fourth-order valence-corrected chi connectivity index (χ4v) is 2.08. The van der Waals surface area contributed by atoms with Gasteiger partial charge in [-0.2, -0.15) is 0 Å². The van der Waals surface area contributed by atoms with Gasteiger partial charge in [0.2, 0.25) is 0 Å². The number of aryl methyl sites for hydroxylation is 1. The number of hydrogen-bond acceptors (Lipinski definition) is 2. The lowest BCUT2D eigenvalue weighted by Crippen LogP contribution is -2.30. The Morgan fingerprint density at radius 1 is 1.38 bits per heavy atom. The molecule has 2 nitrogen and oxygen atoms in total. The average Bonchev–Trinajstić information content (AvgIpc) is 2.52. The number of nitrogens with zero attached hydrogens (tertiary/aromatic N) is 1. The van der Waals surface area contributed by atoms with E-state index in [9.17, 15) is 0 Å². The molecule has 1 fully saturated rings. The highest BCUT2D eigenvalue weighted by Gasteiger charge is 2.23. The Hall–Kier alpha value is -0.860. The van der Waals surface area contributed by atoms with E-state index in [4.69, 9.17) is 5.84 Å². The van der Waals surface area contributed by atoms with Crippen LogP contribution in [0.15, 0.2) is 24.3 Å². The molecule has 1 aliphatic rings. The van der Waals surface area contributed by atoms with Gasteiger partial charge in [-0.25, -0.2) is 5.01 Å². The average molecular weight is 176 g/mol. The van der Waals surface area contributed by atoms with Crippen LogP contribution in [-0.2, 0) is 0 Å². The summed E-state index contributed by atoms with van der Waals surface area (Å²) < 4.78 is 0. The van der Waals surface area contributed by atoms with Crippen molar-refractivity contribution in [3.05, 3.63) is 35.4 Å². The van der Waals surface area contributed by atoms with E-state index in [1.807, 2.05) is 5.01 Å². The summed E-state index contributed by atoms with van der Waals surface area (Å²) in [5.41, 5.74) is 2.74. The third-order valence-corrected chi connectivity index (χ3v) is 2.84. The van der Waals surface area contributed by atoms with Crippen molar-refractivity contribution in [3.63, 3.8) is 0 Å². The van der Waals surface area contributed by atoms with Crippen molar-refractivity contribution in [3.8, 4) is 0 Å². The Morgan fingerprint density at radius 3 is 2.77 bits per heavy atom. The Morgan fingerprint density at radius 2 is 2.15 bits per heavy atom. The summed E-state index contributed by atoms with van der Waals surface area (Å²) in [6.45, 7) is 3.18. The summed E-state index contributed by atoms with van der Waals surface area (Å²) in [4.78, 5) is 0. The summed E-state index contributed by atoms with van der Waals surface area (Å²) in [6, 6.07) is 8.96. The van der Waals surface area contributed by atoms with Crippen LogP contribution in [0.5, 0.6) is 0 Å². The number of hydrazine groups is 1. The molecular formula is C11H16N2. The van der Waals surface area contributed by atoms with Crippen LogP contribution in [0.3, 0.4) is 0 Å². The van der Waals surface area contributed by atoms with Gasteiger partial charge in [-0.15, -0.1) is 0 Å². The highest BCUT2D eigenvalue weighted by Crippen LogP contribution is 2.30. The topological polar surface area (TPSA) is 29.3 Å². The highest BCUT2D eigenvalue weighted by atomic mass is 15.4. The Kier molecular flexibility index (Phi) is 2.34. The molecule has 0 unspecified atom stereocenters. The van der Waals surface area contributed by atoms with Crippen molar-refractivity contribution in [1.82, 2.24) is 5.01 Å². The second kappa shape index (κ2) is 3.48. The minimum Gasteiger partial charge on any atom is -0.268 e. The Labute approximate surface area is 79.3 Å². The van der Waals surface area contributed by atoms with Gasteiger partial charge in [0.05, 0.1) is 0 Å². The van der Waals surface area contributed by atoms with E-state index in [1.165, 1.54) is 24.0 Å². The molecule has 1 saturated heterocycles. The molecule has 0 bridgehead atoms. The Bertz CT molecular complexity index is 296. The third kappa shape index (κ3) is 1.60. The molecule has 1 aromatic rings. The van der Waals surface area contributed by atoms with E-state index in [0.29, 0.717) is 6.04 Å². The highest BCUT2D eigenvalue weighted by molar-refractivity contribution is 5.29. The van der Waals surface area contributed by atoms with Crippen LogP contribution in [0.2, 0.25) is 0 Å². The van der Waals surface area contributed by atoms with E-state index < -0.39 is 0 Å². The Balaban J connectivity index is 2.29. The molecule has 0 amide bonds. The van der Waals surface area contributed by atoms with E-state index in [0.717, 1.165) is 6.54 Å². The van der Waals surface area contributed by atoms with Gasteiger partial charge >= 0.3 is 0 Å². The molecule has 1 aliphatic heterocycles. The fraction of sp³-hybridized carbons (Fsp3) is 0.455. The van der Waals surface area contributed by atoms with Crippen LogP contribution in [-0.4, -0.2) is 11.6 Å². The first-order valence-electron chi connectivity index (χ1n) is 4.86. The maximum atomic E-state index is 5.91. The van der Waals surface area contributed by atoms with Crippen LogP contribution >= 0.6 is 0 Å². The van der Waals surface area contributed by atoms with Crippen molar-refractivity contribution in [2.75, 3.05) is 6.54 Å². The molecule has 0 aromatic heterocycles. The largest absolute Gasteiger partial charge is 0.268 e. The fourth-order valence-electron chi connectivity index (χ4n) is 2.08. The van der Waals surface area contributed by atoms with Crippen molar-refractivity contribution in [2.45, 2.75) is 25.8 Å². The summed E-state index contributed by atoms with van der Waals surface area (Å²) in [6.07, 6.45) is 2.41. The van der Waals surface area contributed by atoms with Crippen LogP contribution in [0, 0.1) is 6.92 Å². The van der Waals surface area contributed by atoms with E-state index in [1.54, 1.807) is 0 Å². The SMILES string of the molecule is Cc1ccccc1[C@H]1CCCN1N. The van der Waals surface area contributed by atoms with Gasteiger partial charge in [-0.3, -0.25) is 5.84 Å². The van der Waals surface area contributed by atoms with E-state index >= 15 is 0 Å². The lowest BCUT2D eigenvalue weighted by atomic mass is 10.0. The van der Waals surface area contributed by atoms with Crippen molar-refractivity contribution >= 4 is 0 Å². The summed E-state index contributed by atoms with van der Waals surface area (Å²) in [7, 11) is 0. The molecule has 13 heavy (non-hydrogen) atoms. The number of benzene rings is 1. The first-order chi connectivity index (χ1) is 6.29. The first kappa shape index (κ1) is 8.73. The van der Waals surface area contributed by atoms with Crippen molar-refractivity contribution in [1.29, 1.82) is 0 Å². The zero-order valence-electron chi connectivity index (χ0n) is 8.03. The maximum Gasteiger partial charge on any atom is 0.0493 e. The van der Waals surface area contributed by atoms with Gasteiger partial charge in [-0.05, 0) is 30.9 Å². The quantitative estimate of drug-likeness (QED) is 0.663. The van der Waals surface area contributed by atoms with Crippen LogP contribution in [0.4, 0.5) is 0 Å². The predicted molar refractivity (Wildman–Crippen MR) is 54.0 cm³/mol. The molecule has 0 saturated carbocycles. The van der Waals surface area contributed by atoms with Crippen LogP contribution < -0.4 is 5.84 Å². The molecule has 0 radical (unpaired) electrons. The lowest BCUT2D eigenvalue weighted by molar-refractivity contribution is 0.265. The normalized spacial score (nSPS) is 23.7. The smallest absolute Gasteiger partial charge is 0.0493 e. The summed E-state index contributed by atoms with van der Waals surface area (Å²) >= 11 is 0. The molecule has 0 aliphatic carbocycles. The summed E-state index contributed by atoms with van der Waals surface area (Å²) in [5, 5.41) is 1.96. The molecular weight excluding hydrogens is 160 g/mol. The van der Waals surface area contributed by atoms with Crippen molar-refractivity contribution in [2.24, 2.45) is 5.84 Å². The maximum absolute atomic E-state index is 5.91. The van der Waals surface area contributed by atoms with E-state index in [-0.39, 0.29) is 0 Å². The second-order valence-electron chi connectivity index (χ2n) is 3.75. The van der Waals surface area contributed by atoms with Gasteiger partial charge in [-0.1, -0.05) is 24.3 Å². The number of hydrogen-bond donors (Lipinski definition) is 1. The minimum absolute atomic E-state index is 0.446. The molecule has 1 atom stereocenters. The zero-order valence-corrected chi connectivity index (χ0v) is 8.03. The van der Waals surface area contributed by atoms with Gasteiger partial charge in [0.1, 0.15) is 0 Å². The van der Waals surface area contributed by atoms with Crippen LogP contribution in [0.25, 0.3) is 0 Å². The lowest BCUT2D eigenvalue weighted by Gasteiger charge is -2.20. The van der Waals surface area contributed by atoms with Gasteiger partial charge in [0, 0.05) is 12.6 Å². The third-order valence-electron chi connectivity index (χ3n) is 2.84. The first-order valence-corrected chi connectivity index (χ1v) is 4.86. The van der Waals surface area contributed by atoms with Gasteiger partial charge < -0.3 is 0 Å².